The molecule has 3 heteroatoms. The second kappa shape index (κ2) is 4.85. The molecule has 1 unspecified atom stereocenters. The first-order valence-corrected chi connectivity index (χ1v) is 5.87. The SMILES string of the molecule is Cc1ccccc1NC1(CN)CCCOC1. The average molecular weight is 220 g/mol. The number of rotatable bonds is 3. The molecule has 1 aliphatic heterocycles. The monoisotopic (exact) mass is 220 g/mol. The van der Waals surface area contributed by atoms with E-state index >= 15 is 0 Å². The van der Waals surface area contributed by atoms with Crippen molar-refractivity contribution in [3.05, 3.63) is 29.8 Å². The third kappa shape index (κ3) is 2.36. The summed E-state index contributed by atoms with van der Waals surface area (Å²) in [6.45, 7) is 4.28. The van der Waals surface area contributed by atoms with Gasteiger partial charge < -0.3 is 15.8 Å². The number of ether oxygens (including phenoxy) is 1. The lowest BCUT2D eigenvalue weighted by atomic mass is 9.92. The average Bonchev–Trinajstić information content (AvgIpc) is 2.33. The van der Waals surface area contributed by atoms with Crippen LogP contribution in [0.25, 0.3) is 0 Å². The Kier molecular flexibility index (Phi) is 3.46. The summed E-state index contributed by atoms with van der Waals surface area (Å²) in [4.78, 5) is 0. The van der Waals surface area contributed by atoms with Crippen molar-refractivity contribution >= 4 is 5.69 Å². The zero-order valence-electron chi connectivity index (χ0n) is 9.83. The molecule has 0 aromatic heterocycles. The molecule has 0 aliphatic carbocycles. The summed E-state index contributed by atoms with van der Waals surface area (Å²) in [5.74, 6) is 0. The molecule has 2 rings (SSSR count). The Balaban J connectivity index is 2.15. The van der Waals surface area contributed by atoms with Crippen molar-refractivity contribution in [1.82, 2.24) is 0 Å². The number of hydrogen-bond acceptors (Lipinski definition) is 3. The number of anilines is 1. The predicted molar refractivity (Wildman–Crippen MR) is 66.6 cm³/mol. The highest BCUT2D eigenvalue weighted by Gasteiger charge is 2.31. The van der Waals surface area contributed by atoms with Crippen molar-refractivity contribution in [1.29, 1.82) is 0 Å². The molecule has 1 aromatic rings. The van der Waals surface area contributed by atoms with Gasteiger partial charge in [0.15, 0.2) is 0 Å². The maximum Gasteiger partial charge on any atom is 0.0729 e. The molecule has 3 nitrogen and oxygen atoms in total. The fourth-order valence-electron chi connectivity index (χ4n) is 2.16. The van der Waals surface area contributed by atoms with Gasteiger partial charge in [0.05, 0.1) is 12.1 Å². The summed E-state index contributed by atoms with van der Waals surface area (Å²) in [6, 6.07) is 8.30. The van der Waals surface area contributed by atoms with Crippen LogP contribution in [0.1, 0.15) is 18.4 Å². The number of hydrogen-bond donors (Lipinski definition) is 2. The number of nitrogens with one attached hydrogen (secondary N) is 1. The van der Waals surface area contributed by atoms with E-state index in [1.165, 1.54) is 11.3 Å². The molecule has 1 atom stereocenters. The summed E-state index contributed by atoms with van der Waals surface area (Å²) in [6.07, 6.45) is 2.16. The Morgan fingerprint density at radius 1 is 1.44 bits per heavy atom. The minimum absolute atomic E-state index is 0.0790. The highest BCUT2D eigenvalue weighted by atomic mass is 16.5. The van der Waals surface area contributed by atoms with Crippen molar-refractivity contribution in [2.24, 2.45) is 5.73 Å². The molecule has 1 fully saturated rings. The molecule has 0 saturated carbocycles. The Hall–Kier alpha value is -1.06. The highest BCUT2D eigenvalue weighted by Crippen LogP contribution is 2.25. The van der Waals surface area contributed by atoms with E-state index in [9.17, 15) is 0 Å². The fraction of sp³-hybridized carbons (Fsp3) is 0.538. The van der Waals surface area contributed by atoms with Crippen LogP contribution >= 0.6 is 0 Å². The Bertz CT molecular complexity index is 346. The van der Waals surface area contributed by atoms with Crippen molar-refractivity contribution < 1.29 is 4.74 Å². The van der Waals surface area contributed by atoms with Crippen molar-refractivity contribution in [3.8, 4) is 0 Å². The first kappa shape index (κ1) is 11.4. The Morgan fingerprint density at radius 2 is 2.25 bits per heavy atom. The minimum Gasteiger partial charge on any atom is -0.379 e. The number of para-hydroxylation sites is 1. The van der Waals surface area contributed by atoms with Gasteiger partial charge in [-0.1, -0.05) is 18.2 Å². The van der Waals surface area contributed by atoms with Crippen LogP contribution in [0.3, 0.4) is 0 Å². The third-order valence-corrected chi connectivity index (χ3v) is 3.26. The Labute approximate surface area is 97.0 Å². The third-order valence-electron chi connectivity index (χ3n) is 3.26. The van der Waals surface area contributed by atoms with Gasteiger partial charge in [0, 0.05) is 18.8 Å². The first-order valence-electron chi connectivity index (χ1n) is 5.87. The topological polar surface area (TPSA) is 47.3 Å². The molecule has 0 spiro atoms. The van der Waals surface area contributed by atoms with Gasteiger partial charge in [0.25, 0.3) is 0 Å². The molecule has 1 aliphatic rings. The molecule has 1 heterocycles. The maximum atomic E-state index is 5.89. The van der Waals surface area contributed by atoms with E-state index in [1.54, 1.807) is 0 Å². The van der Waals surface area contributed by atoms with Crippen LogP contribution in [0, 0.1) is 6.92 Å². The largest absolute Gasteiger partial charge is 0.379 e. The highest BCUT2D eigenvalue weighted by molar-refractivity contribution is 5.52. The first-order chi connectivity index (χ1) is 7.76. The molecule has 88 valence electrons. The lowest BCUT2D eigenvalue weighted by Gasteiger charge is -2.38. The van der Waals surface area contributed by atoms with Gasteiger partial charge in [-0.05, 0) is 31.4 Å². The van der Waals surface area contributed by atoms with Crippen LogP contribution in [0.4, 0.5) is 5.69 Å². The summed E-state index contributed by atoms with van der Waals surface area (Å²) in [5, 5.41) is 3.56. The van der Waals surface area contributed by atoms with E-state index in [2.05, 4.69) is 24.4 Å². The van der Waals surface area contributed by atoms with Gasteiger partial charge in [0.1, 0.15) is 0 Å². The van der Waals surface area contributed by atoms with Gasteiger partial charge in [-0.15, -0.1) is 0 Å². The smallest absolute Gasteiger partial charge is 0.0729 e. The molecule has 1 aromatic carbocycles. The number of nitrogens with two attached hydrogens (primary N) is 1. The quantitative estimate of drug-likeness (QED) is 0.818. The molecule has 16 heavy (non-hydrogen) atoms. The van der Waals surface area contributed by atoms with Crippen molar-refractivity contribution in [2.45, 2.75) is 25.3 Å². The fourth-order valence-corrected chi connectivity index (χ4v) is 2.16. The summed E-state index contributed by atoms with van der Waals surface area (Å²) in [7, 11) is 0. The van der Waals surface area contributed by atoms with E-state index in [4.69, 9.17) is 10.5 Å². The molecule has 0 amide bonds. The standard InChI is InChI=1S/C13H20N2O/c1-11-5-2-3-6-12(11)15-13(9-14)7-4-8-16-10-13/h2-3,5-6,15H,4,7-10,14H2,1H3. The summed E-state index contributed by atoms with van der Waals surface area (Å²) in [5.41, 5.74) is 8.23. The van der Waals surface area contributed by atoms with E-state index in [0.717, 1.165) is 19.4 Å². The van der Waals surface area contributed by atoms with E-state index < -0.39 is 0 Å². The normalized spacial score (nSPS) is 25.4. The van der Waals surface area contributed by atoms with Crippen LogP contribution in [0.15, 0.2) is 24.3 Å². The number of benzene rings is 1. The van der Waals surface area contributed by atoms with Crippen LogP contribution in [0.5, 0.6) is 0 Å². The van der Waals surface area contributed by atoms with E-state index in [1.807, 2.05) is 12.1 Å². The van der Waals surface area contributed by atoms with Crippen molar-refractivity contribution in [3.63, 3.8) is 0 Å². The van der Waals surface area contributed by atoms with Gasteiger partial charge in [-0.25, -0.2) is 0 Å². The lowest BCUT2D eigenvalue weighted by Crippen LogP contribution is -2.51. The molecular formula is C13H20N2O. The zero-order chi connectivity index (χ0) is 11.4. The molecule has 0 radical (unpaired) electrons. The van der Waals surface area contributed by atoms with Crippen LogP contribution in [-0.4, -0.2) is 25.3 Å². The second-order valence-electron chi connectivity index (χ2n) is 4.58. The molecular weight excluding hydrogens is 200 g/mol. The maximum absolute atomic E-state index is 5.89. The number of aryl methyl sites for hydroxylation is 1. The molecule has 1 saturated heterocycles. The van der Waals surface area contributed by atoms with Gasteiger partial charge in [-0.2, -0.15) is 0 Å². The minimum atomic E-state index is -0.0790. The molecule has 3 N–H and O–H groups in total. The van der Waals surface area contributed by atoms with Gasteiger partial charge in [0.2, 0.25) is 0 Å². The van der Waals surface area contributed by atoms with Crippen LogP contribution < -0.4 is 11.1 Å². The zero-order valence-corrected chi connectivity index (χ0v) is 9.83. The van der Waals surface area contributed by atoms with Crippen LogP contribution in [-0.2, 0) is 4.74 Å². The van der Waals surface area contributed by atoms with Gasteiger partial charge in [-0.3, -0.25) is 0 Å². The van der Waals surface area contributed by atoms with E-state index in [0.29, 0.717) is 13.2 Å². The summed E-state index contributed by atoms with van der Waals surface area (Å²) >= 11 is 0. The van der Waals surface area contributed by atoms with Crippen molar-refractivity contribution in [2.75, 3.05) is 25.1 Å². The summed E-state index contributed by atoms with van der Waals surface area (Å²) < 4.78 is 5.55. The van der Waals surface area contributed by atoms with Crippen LogP contribution in [0.2, 0.25) is 0 Å². The second-order valence-corrected chi connectivity index (χ2v) is 4.58. The lowest BCUT2D eigenvalue weighted by molar-refractivity contribution is 0.0502. The molecule has 0 bridgehead atoms. The van der Waals surface area contributed by atoms with Gasteiger partial charge >= 0.3 is 0 Å². The Morgan fingerprint density at radius 3 is 2.88 bits per heavy atom. The predicted octanol–water partition coefficient (Wildman–Crippen LogP) is 1.91. The van der Waals surface area contributed by atoms with E-state index in [-0.39, 0.29) is 5.54 Å².